The fourth-order valence-corrected chi connectivity index (χ4v) is 6.54. The first-order valence-electron chi connectivity index (χ1n) is 11.1. The zero-order valence-electron chi connectivity index (χ0n) is 17.9. The van der Waals surface area contributed by atoms with Crippen LogP contribution < -0.4 is 10.1 Å². The molecule has 2 atom stereocenters. The molecule has 31 heavy (non-hydrogen) atoms. The van der Waals surface area contributed by atoms with Crippen LogP contribution in [0.3, 0.4) is 0 Å². The molecule has 1 N–H and O–H groups in total. The van der Waals surface area contributed by atoms with Crippen LogP contribution in [0.25, 0.3) is 0 Å². The topological polar surface area (TPSA) is 75.7 Å². The van der Waals surface area contributed by atoms with E-state index in [0.717, 1.165) is 31.4 Å². The summed E-state index contributed by atoms with van der Waals surface area (Å²) in [5.41, 5.74) is 0.714. The largest absolute Gasteiger partial charge is 0.494 e. The Hall–Kier alpha value is -2.54. The van der Waals surface area contributed by atoms with E-state index in [4.69, 9.17) is 4.74 Å². The number of unbranched alkanes of at least 4 members (excludes halogenated alkanes) is 1. The molecule has 0 saturated carbocycles. The molecule has 7 heteroatoms. The van der Waals surface area contributed by atoms with Gasteiger partial charge in [0.2, 0.25) is 0 Å². The summed E-state index contributed by atoms with van der Waals surface area (Å²) in [7, 11) is -3.38. The van der Waals surface area contributed by atoms with Crippen LogP contribution in [0, 0.1) is 0 Å². The van der Waals surface area contributed by atoms with Crippen LogP contribution in [0.1, 0.15) is 45.4 Å². The summed E-state index contributed by atoms with van der Waals surface area (Å²) in [6.45, 7) is 2.81. The molecular weight excluding hydrogens is 412 g/mol. The fraction of sp³-hybridized carbons (Fsp3) is 0.458. The highest BCUT2D eigenvalue weighted by Gasteiger charge is 2.47. The molecule has 4 rings (SSSR count). The number of sulfone groups is 1. The summed E-state index contributed by atoms with van der Waals surface area (Å²) in [6.07, 6.45) is 4.78. The van der Waals surface area contributed by atoms with Gasteiger partial charge in [-0.05, 0) is 68.5 Å². The molecule has 2 heterocycles. The summed E-state index contributed by atoms with van der Waals surface area (Å²) < 4.78 is 31.8. The Morgan fingerprint density at radius 3 is 2.29 bits per heavy atom. The van der Waals surface area contributed by atoms with Gasteiger partial charge in [-0.3, -0.25) is 0 Å². The Bertz CT molecular complexity index is 978. The summed E-state index contributed by atoms with van der Waals surface area (Å²) >= 11 is 0. The standard InChI is InChI=1S/C24H30N2O4S/c1-2-3-15-30-21-13-9-18(10-14-21)25-24(27)26-19-11-12-20(26)17-23(16-19)31(28,29)22-7-5-4-6-8-22/h4-10,13-14,19-20,23H,2-3,11-12,15-17H2,1H3,(H,25,27). The van der Waals surface area contributed by atoms with Crippen molar-refractivity contribution in [2.45, 2.75) is 67.7 Å². The van der Waals surface area contributed by atoms with Crippen molar-refractivity contribution >= 4 is 21.6 Å². The zero-order valence-corrected chi connectivity index (χ0v) is 18.7. The average molecular weight is 443 g/mol. The molecule has 2 aliphatic rings. The molecule has 2 unspecified atom stereocenters. The van der Waals surface area contributed by atoms with E-state index in [1.807, 2.05) is 35.2 Å². The lowest BCUT2D eigenvalue weighted by Gasteiger charge is -2.38. The van der Waals surface area contributed by atoms with E-state index >= 15 is 0 Å². The maximum Gasteiger partial charge on any atom is 0.322 e. The monoisotopic (exact) mass is 442 g/mol. The highest BCUT2D eigenvalue weighted by molar-refractivity contribution is 7.92. The minimum atomic E-state index is -3.38. The van der Waals surface area contributed by atoms with Crippen LogP contribution >= 0.6 is 0 Å². The number of rotatable bonds is 7. The van der Waals surface area contributed by atoms with Gasteiger partial charge in [0.25, 0.3) is 0 Å². The van der Waals surface area contributed by atoms with E-state index in [-0.39, 0.29) is 18.1 Å². The summed E-state index contributed by atoms with van der Waals surface area (Å²) in [4.78, 5) is 15.2. The zero-order chi connectivity index (χ0) is 21.8. The second-order valence-corrected chi connectivity index (χ2v) is 10.6. The van der Waals surface area contributed by atoms with Gasteiger partial charge < -0.3 is 15.0 Å². The van der Waals surface area contributed by atoms with E-state index in [0.29, 0.717) is 30.0 Å². The van der Waals surface area contributed by atoms with Crippen LogP contribution in [-0.2, 0) is 9.84 Å². The number of nitrogens with one attached hydrogen (secondary N) is 1. The van der Waals surface area contributed by atoms with Crippen molar-refractivity contribution in [2.24, 2.45) is 0 Å². The number of nitrogens with zero attached hydrogens (tertiary/aromatic N) is 1. The van der Waals surface area contributed by atoms with E-state index < -0.39 is 15.1 Å². The molecule has 166 valence electrons. The molecule has 2 aromatic carbocycles. The lowest BCUT2D eigenvalue weighted by molar-refractivity contribution is 0.160. The van der Waals surface area contributed by atoms with Gasteiger partial charge in [0.15, 0.2) is 9.84 Å². The number of carbonyl (C=O) groups is 1. The van der Waals surface area contributed by atoms with Crippen molar-refractivity contribution in [1.82, 2.24) is 4.90 Å². The minimum Gasteiger partial charge on any atom is -0.494 e. The predicted octanol–water partition coefficient (Wildman–Crippen LogP) is 4.87. The SMILES string of the molecule is CCCCOc1ccc(NC(=O)N2C3CCC2CC(S(=O)(=O)c2ccccc2)C3)cc1. The van der Waals surface area contributed by atoms with Gasteiger partial charge in [-0.25, -0.2) is 13.2 Å². The molecule has 2 fully saturated rings. The quantitative estimate of drug-likeness (QED) is 0.621. The highest BCUT2D eigenvalue weighted by Crippen LogP contribution is 2.40. The summed E-state index contributed by atoms with van der Waals surface area (Å²) in [5, 5.41) is 2.54. The Morgan fingerprint density at radius 1 is 1.03 bits per heavy atom. The van der Waals surface area contributed by atoms with Gasteiger partial charge in [-0.2, -0.15) is 0 Å². The first kappa shape index (κ1) is 21.7. The number of hydrogen-bond acceptors (Lipinski definition) is 4. The molecule has 2 saturated heterocycles. The van der Waals surface area contributed by atoms with E-state index in [9.17, 15) is 13.2 Å². The number of urea groups is 1. The maximum absolute atomic E-state index is 13.1. The third-order valence-corrected chi connectivity index (χ3v) is 8.50. The van der Waals surface area contributed by atoms with Gasteiger partial charge in [0.1, 0.15) is 5.75 Å². The van der Waals surface area contributed by atoms with Crippen LogP contribution in [0.15, 0.2) is 59.5 Å². The predicted molar refractivity (Wildman–Crippen MR) is 121 cm³/mol. The molecule has 0 aromatic heterocycles. The van der Waals surface area contributed by atoms with Crippen LogP contribution in [0.5, 0.6) is 5.75 Å². The lowest BCUT2D eigenvalue weighted by Crippen LogP contribution is -2.51. The van der Waals surface area contributed by atoms with Crippen molar-refractivity contribution in [3.05, 3.63) is 54.6 Å². The smallest absolute Gasteiger partial charge is 0.322 e. The first-order valence-corrected chi connectivity index (χ1v) is 12.6. The van der Waals surface area contributed by atoms with Crippen molar-refractivity contribution in [1.29, 1.82) is 0 Å². The number of benzene rings is 2. The van der Waals surface area contributed by atoms with Gasteiger partial charge >= 0.3 is 6.03 Å². The number of carbonyl (C=O) groups excluding carboxylic acids is 1. The molecule has 2 amide bonds. The summed E-state index contributed by atoms with van der Waals surface area (Å²) in [6, 6.07) is 15.8. The fourth-order valence-electron chi connectivity index (χ4n) is 4.67. The molecule has 2 bridgehead atoms. The van der Waals surface area contributed by atoms with Crippen molar-refractivity contribution in [3.8, 4) is 5.75 Å². The van der Waals surface area contributed by atoms with Crippen LogP contribution in [0.4, 0.5) is 10.5 Å². The maximum atomic E-state index is 13.1. The Morgan fingerprint density at radius 2 is 1.68 bits per heavy atom. The van der Waals surface area contributed by atoms with Gasteiger partial charge in [0.05, 0.1) is 16.8 Å². The van der Waals surface area contributed by atoms with E-state index in [1.165, 1.54) is 0 Å². The van der Waals surface area contributed by atoms with E-state index in [2.05, 4.69) is 12.2 Å². The molecule has 0 spiro atoms. The van der Waals surface area contributed by atoms with Crippen LogP contribution in [0.2, 0.25) is 0 Å². The van der Waals surface area contributed by atoms with Crippen LogP contribution in [-0.4, -0.2) is 43.3 Å². The second kappa shape index (κ2) is 9.30. The van der Waals surface area contributed by atoms with Crippen molar-refractivity contribution < 1.29 is 17.9 Å². The number of anilines is 1. The normalized spacial score (nSPS) is 22.9. The van der Waals surface area contributed by atoms with Gasteiger partial charge in [-0.1, -0.05) is 31.5 Å². The van der Waals surface area contributed by atoms with Gasteiger partial charge in [-0.15, -0.1) is 0 Å². The molecule has 6 nitrogen and oxygen atoms in total. The number of hydrogen-bond donors (Lipinski definition) is 1. The van der Waals surface area contributed by atoms with Crippen molar-refractivity contribution in [2.75, 3.05) is 11.9 Å². The van der Waals surface area contributed by atoms with E-state index in [1.54, 1.807) is 24.3 Å². The molecular formula is C24H30N2O4S. The van der Waals surface area contributed by atoms with Gasteiger partial charge in [0, 0.05) is 17.8 Å². The Kier molecular flexibility index (Phi) is 6.51. The molecule has 0 radical (unpaired) electrons. The molecule has 2 aromatic rings. The number of amides is 2. The third-order valence-electron chi connectivity index (χ3n) is 6.31. The average Bonchev–Trinajstić information content (AvgIpc) is 3.05. The Labute approximate surface area is 184 Å². The Balaban J connectivity index is 1.39. The van der Waals surface area contributed by atoms with Crippen molar-refractivity contribution in [3.63, 3.8) is 0 Å². The number of ether oxygens (including phenoxy) is 1. The number of fused-ring (bicyclic) bond motifs is 2. The second-order valence-electron chi connectivity index (χ2n) is 8.40. The summed E-state index contributed by atoms with van der Waals surface area (Å²) in [5.74, 6) is 0.790. The lowest BCUT2D eigenvalue weighted by atomic mass is 10.0. The third kappa shape index (κ3) is 4.71. The minimum absolute atomic E-state index is 0.0427. The highest BCUT2D eigenvalue weighted by atomic mass is 32.2. The molecule has 2 aliphatic heterocycles. The first-order chi connectivity index (χ1) is 15.0. The molecule has 0 aliphatic carbocycles. The number of piperidine rings is 1.